The molecule has 1 aliphatic carbocycles. The normalized spacial score (nSPS) is 14.4. The molecule has 0 aromatic rings. The number of carbonyl (C=O) groups excluding carboxylic acids is 2. The molecule has 0 spiro atoms. The van der Waals surface area contributed by atoms with Gasteiger partial charge in [-0.15, -0.1) is 23.2 Å². The minimum Gasteiger partial charge on any atom is -0.290 e. The lowest BCUT2D eigenvalue weighted by Crippen LogP contribution is -1.97. The van der Waals surface area contributed by atoms with E-state index in [0.29, 0.717) is 0 Å². The molecule has 0 atom stereocenters. The molecule has 0 aromatic carbocycles. The Balaban J connectivity index is 0.000000292. The Hall–Kier alpha value is -0.600. The zero-order valence-corrected chi connectivity index (χ0v) is 7.10. The summed E-state index contributed by atoms with van der Waals surface area (Å²) in [6, 6.07) is 0. The van der Waals surface area contributed by atoms with Crippen molar-refractivity contribution in [2.24, 2.45) is 0 Å². The Bertz CT molecular complexity index is 168. The molecule has 11 heavy (non-hydrogen) atoms. The summed E-state index contributed by atoms with van der Waals surface area (Å²) in [6.45, 7) is 0. The highest BCUT2D eigenvalue weighted by Gasteiger charge is 1.97. The Labute approximate surface area is 74.5 Å². The maximum Gasteiger partial charge on any atom is 0.178 e. The van der Waals surface area contributed by atoms with E-state index in [9.17, 15) is 9.59 Å². The van der Waals surface area contributed by atoms with E-state index in [-0.39, 0.29) is 16.9 Å². The third-order valence-electron chi connectivity index (χ3n) is 0.824. The first-order valence-corrected chi connectivity index (χ1v) is 3.83. The van der Waals surface area contributed by atoms with Crippen LogP contribution in [0.1, 0.15) is 0 Å². The fourth-order valence-electron chi connectivity index (χ4n) is 0.440. The maximum atomic E-state index is 10.3. The molecule has 0 radical (unpaired) electrons. The predicted octanol–water partition coefficient (Wildman–Crippen LogP) is 1.67. The summed E-state index contributed by atoms with van der Waals surface area (Å²) < 4.78 is 0. The van der Waals surface area contributed by atoms with Crippen LogP contribution in [0.2, 0.25) is 0 Å². The Morgan fingerprint density at radius 1 is 0.909 bits per heavy atom. The standard InChI is InChI=1S/C6H4O2.CH2Cl2/c7-5-1-2-6(8)4-3-5;2-1-3/h1-4H;1H2. The molecular weight excluding hydrogens is 187 g/mol. The summed E-state index contributed by atoms with van der Waals surface area (Å²) in [5.41, 5.74) is 0. The molecular formula is C7H6Cl2O2. The summed E-state index contributed by atoms with van der Waals surface area (Å²) in [6.07, 6.45) is 5.01. The van der Waals surface area contributed by atoms with Gasteiger partial charge in [-0.1, -0.05) is 0 Å². The lowest BCUT2D eigenvalue weighted by atomic mass is 10.2. The van der Waals surface area contributed by atoms with Crippen molar-refractivity contribution in [1.29, 1.82) is 0 Å². The number of allylic oxidation sites excluding steroid dienone is 4. The second-order valence-electron chi connectivity index (χ2n) is 1.57. The molecule has 4 heteroatoms. The number of alkyl halides is 2. The van der Waals surface area contributed by atoms with Crippen LogP contribution in [0.4, 0.5) is 0 Å². The van der Waals surface area contributed by atoms with Gasteiger partial charge >= 0.3 is 0 Å². The van der Waals surface area contributed by atoms with Gasteiger partial charge in [0.25, 0.3) is 0 Å². The Kier molecular flexibility index (Phi) is 5.80. The van der Waals surface area contributed by atoms with Crippen LogP contribution in [0.5, 0.6) is 0 Å². The molecule has 0 N–H and O–H groups in total. The quantitative estimate of drug-likeness (QED) is 0.433. The van der Waals surface area contributed by atoms with E-state index < -0.39 is 0 Å². The SMILES string of the molecule is ClCCl.O=C1C=CC(=O)C=C1. The van der Waals surface area contributed by atoms with Crippen molar-refractivity contribution < 1.29 is 9.59 Å². The number of hydrogen-bond acceptors (Lipinski definition) is 2. The largest absolute Gasteiger partial charge is 0.290 e. The van der Waals surface area contributed by atoms with Crippen molar-refractivity contribution in [2.45, 2.75) is 0 Å². The first kappa shape index (κ1) is 10.4. The van der Waals surface area contributed by atoms with Gasteiger partial charge in [0.05, 0.1) is 5.34 Å². The van der Waals surface area contributed by atoms with Crippen molar-refractivity contribution in [3.05, 3.63) is 24.3 Å². The molecule has 0 saturated heterocycles. The average molecular weight is 193 g/mol. The fraction of sp³-hybridized carbons (Fsp3) is 0.143. The molecule has 0 amide bonds. The van der Waals surface area contributed by atoms with Crippen molar-refractivity contribution in [1.82, 2.24) is 0 Å². The zero-order chi connectivity index (χ0) is 8.69. The molecule has 0 fully saturated rings. The summed E-state index contributed by atoms with van der Waals surface area (Å²) >= 11 is 9.53. The van der Waals surface area contributed by atoms with Crippen molar-refractivity contribution in [3.63, 3.8) is 0 Å². The molecule has 60 valence electrons. The zero-order valence-electron chi connectivity index (χ0n) is 5.59. The number of halogens is 2. The third kappa shape index (κ3) is 5.83. The summed E-state index contributed by atoms with van der Waals surface area (Å²) in [4.78, 5) is 20.6. The van der Waals surface area contributed by atoms with E-state index in [1.165, 1.54) is 24.3 Å². The number of carbonyl (C=O) groups is 2. The number of ketones is 2. The van der Waals surface area contributed by atoms with Gasteiger partial charge < -0.3 is 0 Å². The Morgan fingerprint density at radius 2 is 1.09 bits per heavy atom. The number of rotatable bonds is 0. The summed E-state index contributed by atoms with van der Waals surface area (Å²) in [7, 11) is 0. The lowest BCUT2D eigenvalue weighted by molar-refractivity contribution is -0.113. The second kappa shape index (κ2) is 6.13. The van der Waals surface area contributed by atoms with Crippen LogP contribution in [0.25, 0.3) is 0 Å². The highest BCUT2D eigenvalue weighted by molar-refractivity contribution is 6.40. The summed E-state index contributed by atoms with van der Waals surface area (Å²) in [5, 5.41) is 0.194. The monoisotopic (exact) mass is 192 g/mol. The van der Waals surface area contributed by atoms with Gasteiger partial charge in [-0.05, 0) is 24.3 Å². The lowest BCUT2D eigenvalue weighted by Gasteiger charge is -1.87. The first-order chi connectivity index (χ1) is 5.20. The first-order valence-electron chi connectivity index (χ1n) is 2.76. The van der Waals surface area contributed by atoms with Gasteiger partial charge in [-0.3, -0.25) is 9.59 Å². The van der Waals surface area contributed by atoms with Gasteiger partial charge in [0.15, 0.2) is 11.6 Å². The Morgan fingerprint density at radius 3 is 1.27 bits per heavy atom. The van der Waals surface area contributed by atoms with Gasteiger partial charge in [-0.2, -0.15) is 0 Å². The van der Waals surface area contributed by atoms with E-state index in [1.54, 1.807) is 0 Å². The van der Waals surface area contributed by atoms with Crippen LogP contribution < -0.4 is 0 Å². The maximum absolute atomic E-state index is 10.3. The van der Waals surface area contributed by atoms with Crippen LogP contribution >= 0.6 is 23.2 Å². The van der Waals surface area contributed by atoms with Crippen LogP contribution in [-0.4, -0.2) is 16.9 Å². The van der Waals surface area contributed by atoms with Crippen LogP contribution in [-0.2, 0) is 9.59 Å². The molecule has 0 aromatic heterocycles. The minimum atomic E-state index is -0.121. The van der Waals surface area contributed by atoms with Crippen LogP contribution in [0.3, 0.4) is 0 Å². The van der Waals surface area contributed by atoms with Gasteiger partial charge in [0, 0.05) is 0 Å². The molecule has 2 nitrogen and oxygen atoms in total. The molecule has 0 aliphatic heterocycles. The van der Waals surface area contributed by atoms with E-state index in [2.05, 4.69) is 0 Å². The molecule has 1 aliphatic rings. The van der Waals surface area contributed by atoms with Crippen molar-refractivity contribution in [2.75, 3.05) is 5.34 Å². The minimum absolute atomic E-state index is 0.121. The fourth-order valence-corrected chi connectivity index (χ4v) is 0.440. The van der Waals surface area contributed by atoms with E-state index in [4.69, 9.17) is 23.2 Å². The molecule has 1 rings (SSSR count). The smallest absolute Gasteiger partial charge is 0.178 e. The predicted molar refractivity (Wildman–Crippen MR) is 44.9 cm³/mol. The molecule has 0 heterocycles. The second-order valence-corrected chi connectivity index (χ2v) is 2.38. The van der Waals surface area contributed by atoms with Crippen molar-refractivity contribution >= 4 is 34.8 Å². The topological polar surface area (TPSA) is 34.1 Å². The third-order valence-corrected chi connectivity index (χ3v) is 0.824. The summed E-state index contributed by atoms with van der Waals surface area (Å²) in [5.74, 6) is -0.241. The molecule has 0 saturated carbocycles. The molecule has 0 bridgehead atoms. The highest BCUT2D eigenvalue weighted by Crippen LogP contribution is 1.90. The van der Waals surface area contributed by atoms with Gasteiger partial charge in [-0.25, -0.2) is 0 Å². The van der Waals surface area contributed by atoms with Crippen molar-refractivity contribution in [3.8, 4) is 0 Å². The van der Waals surface area contributed by atoms with Gasteiger partial charge in [0.2, 0.25) is 0 Å². The van der Waals surface area contributed by atoms with E-state index in [0.717, 1.165) is 0 Å². The highest BCUT2D eigenvalue weighted by atomic mass is 35.5. The van der Waals surface area contributed by atoms with Crippen LogP contribution in [0.15, 0.2) is 24.3 Å². The van der Waals surface area contributed by atoms with Crippen LogP contribution in [0, 0.1) is 0 Å². The molecule has 0 unspecified atom stereocenters. The van der Waals surface area contributed by atoms with Gasteiger partial charge in [0.1, 0.15) is 0 Å². The average Bonchev–Trinajstić information content (AvgIpc) is 1.97. The number of hydrogen-bond donors (Lipinski definition) is 0. The van der Waals surface area contributed by atoms with E-state index >= 15 is 0 Å². The van der Waals surface area contributed by atoms with E-state index in [1.807, 2.05) is 0 Å².